The number of amides is 4. The van der Waals surface area contributed by atoms with Crippen molar-refractivity contribution >= 4 is 29.6 Å². The van der Waals surface area contributed by atoms with E-state index in [4.69, 9.17) is 4.74 Å². The number of carbonyl (C=O) groups excluding carboxylic acids is 3. The van der Waals surface area contributed by atoms with E-state index in [0.717, 1.165) is 10.5 Å². The van der Waals surface area contributed by atoms with Crippen molar-refractivity contribution in [1.82, 2.24) is 10.2 Å². The van der Waals surface area contributed by atoms with Crippen molar-refractivity contribution in [2.24, 2.45) is 0 Å². The van der Waals surface area contributed by atoms with Gasteiger partial charge in [0, 0.05) is 11.3 Å². The quantitative estimate of drug-likeness (QED) is 0.582. The number of hydrogen-bond acceptors (Lipinski definition) is 4. The molecule has 2 aromatic rings. The number of hydrogen-bond donors (Lipinski definition) is 2. The van der Waals surface area contributed by atoms with E-state index in [-0.39, 0.29) is 18.3 Å². The predicted octanol–water partition coefficient (Wildman–Crippen LogP) is 3.31. The summed E-state index contributed by atoms with van der Waals surface area (Å²) in [7, 11) is 0. The lowest BCUT2D eigenvalue weighted by atomic mass is 10.1. The van der Waals surface area contributed by atoms with Gasteiger partial charge in [0.05, 0.1) is 6.10 Å². The number of rotatable bonds is 6. The van der Waals surface area contributed by atoms with Crippen molar-refractivity contribution in [2.75, 3.05) is 11.9 Å². The van der Waals surface area contributed by atoms with Crippen molar-refractivity contribution in [3.8, 4) is 5.75 Å². The molecule has 7 nitrogen and oxygen atoms in total. The van der Waals surface area contributed by atoms with E-state index in [9.17, 15) is 14.4 Å². The maximum absolute atomic E-state index is 12.6. The Morgan fingerprint density at radius 2 is 1.83 bits per heavy atom. The molecule has 1 heterocycles. The van der Waals surface area contributed by atoms with Crippen molar-refractivity contribution in [2.45, 2.75) is 26.9 Å². The summed E-state index contributed by atoms with van der Waals surface area (Å²) >= 11 is 0. The van der Waals surface area contributed by atoms with Gasteiger partial charge in [-0.2, -0.15) is 0 Å². The van der Waals surface area contributed by atoms with Gasteiger partial charge in [-0.1, -0.05) is 35.9 Å². The molecular formula is C22H23N3O4. The van der Waals surface area contributed by atoms with Crippen molar-refractivity contribution in [1.29, 1.82) is 0 Å². The third kappa shape index (κ3) is 5.01. The molecule has 1 saturated heterocycles. The zero-order chi connectivity index (χ0) is 21.0. The lowest BCUT2D eigenvalue weighted by molar-refractivity contribution is -0.127. The molecule has 1 fully saturated rings. The van der Waals surface area contributed by atoms with Crippen LogP contribution in [0.5, 0.6) is 5.75 Å². The molecule has 3 rings (SSSR count). The van der Waals surface area contributed by atoms with E-state index in [1.54, 1.807) is 30.3 Å². The number of carbonyl (C=O) groups is 3. The molecule has 1 aliphatic heterocycles. The summed E-state index contributed by atoms with van der Waals surface area (Å²) < 4.78 is 5.74. The highest BCUT2D eigenvalue weighted by Crippen LogP contribution is 2.23. The van der Waals surface area contributed by atoms with Crippen molar-refractivity contribution in [3.63, 3.8) is 0 Å². The van der Waals surface area contributed by atoms with Gasteiger partial charge in [0.25, 0.3) is 5.91 Å². The Morgan fingerprint density at radius 3 is 2.52 bits per heavy atom. The fraction of sp³-hybridized carbons (Fsp3) is 0.227. The van der Waals surface area contributed by atoms with Crippen LogP contribution in [0, 0.1) is 6.92 Å². The lowest BCUT2D eigenvalue weighted by Crippen LogP contribution is -2.38. The summed E-state index contributed by atoms with van der Waals surface area (Å²) in [5.74, 6) is -0.414. The van der Waals surface area contributed by atoms with E-state index >= 15 is 0 Å². The molecule has 0 aromatic heterocycles. The van der Waals surface area contributed by atoms with Crippen LogP contribution in [0.2, 0.25) is 0 Å². The topological polar surface area (TPSA) is 87.7 Å². The largest absolute Gasteiger partial charge is 0.490 e. The molecule has 2 N–H and O–H groups in total. The molecule has 29 heavy (non-hydrogen) atoms. The van der Waals surface area contributed by atoms with Crippen LogP contribution in [0.15, 0.2) is 54.2 Å². The molecule has 4 amide bonds. The number of imide groups is 1. The van der Waals surface area contributed by atoms with Gasteiger partial charge in [-0.25, -0.2) is 9.69 Å². The van der Waals surface area contributed by atoms with Crippen LogP contribution in [0.1, 0.15) is 25.0 Å². The standard InChI is InChI=1S/C22H23N3O4/c1-14(2)29-19-7-5-4-6-16(19)12-18-21(27)25(22(28)24-18)13-20(26)23-17-10-8-15(3)9-11-17/h4-12,14H,13H2,1-3H3,(H,23,26)(H,24,28). The molecule has 0 unspecified atom stereocenters. The molecule has 0 bridgehead atoms. The number of aryl methyl sites for hydroxylation is 1. The highest BCUT2D eigenvalue weighted by Gasteiger charge is 2.35. The zero-order valence-electron chi connectivity index (χ0n) is 16.6. The fourth-order valence-corrected chi connectivity index (χ4v) is 2.81. The molecule has 0 saturated carbocycles. The average molecular weight is 393 g/mol. The molecular weight excluding hydrogens is 370 g/mol. The number of benzene rings is 2. The number of ether oxygens (including phenoxy) is 1. The zero-order valence-corrected chi connectivity index (χ0v) is 16.6. The first-order chi connectivity index (χ1) is 13.8. The van der Waals surface area contributed by atoms with Crippen LogP contribution in [-0.2, 0) is 9.59 Å². The summed E-state index contributed by atoms with van der Waals surface area (Å²) in [5.41, 5.74) is 2.42. The minimum atomic E-state index is -0.637. The van der Waals surface area contributed by atoms with Crippen LogP contribution < -0.4 is 15.4 Å². The monoisotopic (exact) mass is 393 g/mol. The van der Waals surface area contributed by atoms with Gasteiger partial charge in [-0.3, -0.25) is 9.59 Å². The number of para-hydroxylation sites is 1. The molecule has 0 radical (unpaired) electrons. The summed E-state index contributed by atoms with van der Waals surface area (Å²) in [6.07, 6.45) is 1.51. The molecule has 2 aromatic carbocycles. The van der Waals surface area contributed by atoms with E-state index < -0.39 is 17.8 Å². The van der Waals surface area contributed by atoms with Gasteiger partial charge in [-0.15, -0.1) is 0 Å². The van der Waals surface area contributed by atoms with E-state index in [0.29, 0.717) is 17.0 Å². The molecule has 0 spiro atoms. The minimum Gasteiger partial charge on any atom is -0.490 e. The summed E-state index contributed by atoms with van der Waals surface area (Å²) in [5, 5.41) is 5.20. The van der Waals surface area contributed by atoms with Crippen LogP contribution in [0.4, 0.5) is 10.5 Å². The molecule has 0 atom stereocenters. The first kappa shape index (κ1) is 20.1. The molecule has 7 heteroatoms. The summed E-state index contributed by atoms with van der Waals surface area (Å²) in [6.45, 7) is 5.37. The van der Waals surface area contributed by atoms with Crippen LogP contribution in [0.3, 0.4) is 0 Å². The van der Waals surface area contributed by atoms with Gasteiger partial charge < -0.3 is 15.4 Å². The number of nitrogens with one attached hydrogen (secondary N) is 2. The Balaban J connectivity index is 1.72. The van der Waals surface area contributed by atoms with Gasteiger partial charge >= 0.3 is 6.03 Å². The van der Waals surface area contributed by atoms with E-state index in [2.05, 4.69) is 10.6 Å². The van der Waals surface area contributed by atoms with E-state index in [1.165, 1.54) is 0 Å². The second kappa shape index (κ2) is 8.60. The lowest BCUT2D eigenvalue weighted by Gasteiger charge is -2.13. The van der Waals surface area contributed by atoms with Gasteiger partial charge in [-0.05, 0) is 45.0 Å². The smallest absolute Gasteiger partial charge is 0.329 e. The third-order valence-electron chi connectivity index (χ3n) is 4.18. The highest BCUT2D eigenvalue weighted by atomic mass is 16.5. The Hall–Kier alpha value is -3.61. The Kier molecular flexibility index (Phi) is 5.97. The molecule has 1 aliphatic rings. The van der Waals surface area contributed by atoms with Gasteiger partial charge in [0.1, 0.15) is 18.0 Å². The maximum Gasteiger partial charge on any atom is 0.329 e. The summed E-state index contributed by atoms with van der Waals surface area (Å²) in [6, 6.07) is 13.8. The SMILES string of the molecule is Cc1ccc(NC(=O)CN2C(=O)NC(=Cc3ccccc3OC(C)C)C2=O)cc1. The van der Waals surface area contributed by atoms with Crippen LogP contribution in [-0.4, -0.2) is 35.4 Å². The van der Waals surface area contributed by atoms with Crippen LogP contribution in [0.25, 0.3) is 6.08 Å². The van der Waals surface area contributed by atoms with Gasteiger partial charge in [0.15, 0.2) is 0 Å². The summed E-state index contributed by atoms with van der Waals surface area (Å²) in [4.78, 5) is 38.0. The van der Waals surface area contributed by atoms with Crippen molar-refractivity contribution in [3.05, 3.63) is 65.4 Å². The Labute approximate surface area is 169 Å². The second-order valence-corrected chi connectivity index (χ2v) is 7.00. The molecule has 0 aliphatic carbocycles. The first-order valence-electron chi connectivity index (χ1n) is 9.30. The van der Waals surface area contributed by atoms with E-state index in [1.807, 2.05) is 45.0 Å². The number of urea groups is 1. The fourth-order valence-electron chi connectivity index (χ4n) is 2.81. The number of anilines is 1. The predicted molar refractivity (Wildman–Crippen MR) is 110 cm³/mol. The Bertz CT molecular complexity index is 964. The van der Waals surface area contributed by atoms with Gasteiger partial charge in [0.2, 0.25) is 5.91 Å². The average Bonchev–Trinajstić information content (AvgIpc) is 2.92. The molecule has 150 valence electrons. The third-order valence-corrected chi connectivity index (χ3v) is 4.18. The first-order valence-corrected chi connectivity index (χ1v) is 9.30. The second-order valence-electron chi connectivity index (χ2n) is 7.00. The normalized spacial score (nSPS) is 15.0. The van der Waals surface area contributed by atoms with Crippen molar-refractivity contribution < 1.29 is 19.1 Å². The minimum absolute atomic E-state index is 0.0367. The number of nitrogens with zero attached hydrogens (tertiary/aromatic N) is 1. The van der Waals surface area contributed by atoms with Crippen LogP contribution >= 0.6 is 0 Å². The highest BCUT2D eigenvalue weighted by molar-refractivity contribution is 6.16. The maximum atomic E-state index is 12.6. The Morgan fingerprint density at radius 1 is 1.14 bits per heavy atom.